The van der Waals surface area contributed by atoms with E-state index in [2.05, 4.69) is 10.6 Å². The predicted octanol–water partition coefficient (Wildman–Crippen LogP) is -0.761. The Bertz CT molecular complexity index is 344. The average molecular weight is 243 g/mol. The molecule has 3 amide bonds. The van der Waals surface area contributed by atoms with Gasteiger partial charge >= 0.3 is 12.0 Å². The molecule has 96 valence electrons. The molecule has 0 aromatic rings. The number of nitrogens with zero attached hydrogens (tertiary/aromatic N) is 1. The first-order valence-corrected chi connectivity index (χ1v) is 5.36. The average Bonchev–Trinajstić information content (AvgIpc) is 2.69. The van der Waals surface area contributed by atoms with E-state index in [0.29, 0.717) is 19.5 Å². The van der Waals surface area contributed by atoms with Gasteiger partial charge in [-0.15, -0.1) is 0 Å². The van der Waals surface area contributed by atoms with Gasteiger partial charge in [0.05, 0.1) is 5.41 Å². The first-order valence-electron chi connectivity index (χ1n) is 5.36. The molecule has 1 rings (SSSR count). The predicted molar refractivity (Wildman–Crippen MR) is 59.4 cm³/mol. The lowest BCUT2D eigenvalue weighted by Crippen LogP contribution is -2.44. The number of rotatable bonds is 3. The van der Waals surface area contributed by atoms with Gasteiger partial charge < -0.3 is 20.6 Å². The molecule has 1 atom stereocenters. The van der Waals surface area contributed by atoms with Crippen LogP contribution < -0.4 is 10.6 Å². The summed E-state index contributed by atoms with van der Waals surface area (Å²) < 4.78 is 0. The Morgan fingerprint density at radius 1 is 1.41 bits per heavy atom. The number of hydrogen-bond acceptors (Lipinski definition) is 3. The Hall–Kier alpha value is -1.79. The van der Waals surface area contributed by atoms with Gasteiger partial charge in [-0.25, -0.2) is 4.79 Å². The SMILES string of the molecule is CNC(=O)C1(C)CCN(C(=O)NCC(=O)O)C1. The lowest BCUT2D eigenvalue weighted by Gasteiger charge is -2.22. The van der Waals surface area contributed by atoms with Gasteiger partial charge in [0.15, 0.2) is 0 Å². The lowest BCUT2D eigenvalue weighted by molar-refractivity contribution is -0.135. The highest BCUT2D eigenvalue weighted by Crippen LogP contribution is 2.29. The van der Waals surface area contributed by atoms with Crippen LogP contribution in [0, 0.1) is 5.41 Å². The normalized spacial score (nSPS) is 23.3. The summed E-state index contributed by atoms with van der Waals surface area (Å²) in [5.41, 5.74) is -0.588. The molecule has 1 heterocycles. The first kappa shape index (κ1) is 13.3. The summed E-state index contributed by atoms with van der Waals surface area (Å²) in [6, 6.07) is -0.444. The van der Waals surface area contributed by atoms with Crippen LogP contribution in [0.2, 0.25) is 0 Å². The third-order valence-electron chi connectivity index (χ3n) is 2.93. The molecule has 1 saturated heterocycles. The summed E-state index contributed by atoms with van der Waals surface area (Å²) in [5, 5.41) is 13.3. The Balaban J connectivity index is 2.52. The molecule has 0 aromatic carbocycles. The third-order valence-corrected chi connectivity index (χ3v) is 2.93. The Labute approximate surface area is 99.2 Å². The molecule has 1 aliphatic heterocycles. The Morgan fingerprint density at radius 3 is 2.59 bits per heavy atom. The maximum Gasteiger partial charge on any atom is 0.323 e. The van der Waals surface area contributed by atoms with Crippen LogP contribution >= 0.6 is 0 Å². The molecule has 0 aromatic heterocycles. The monoisotopic (exact) mass is 243 g/mol. The van der Waals surface area contributed by atoms with E-state index < -0.39 is 24.0 Å². The topological polar surface area (TPSA) is 98.7 Å². The number of carboxylic acids is 1. The van der Waals surface area contributed by atoms with Crippen molar-refractivity contribution in [2.75, 3.05) is 26.7 Å². The van der Waals surface area contributed by atoms with E-state index in [1.165, 1.54) is 4.90 Å². The van der Waals surface area contributed by atoms with Crippen LogP contribution in [0.15, 0.2) is 0 Å². The standard InChI is InChI=1S/C10H17N3O4/c1-10(8(16)11-2)3-4-13(6-10)9(17)12-5-7(14)15/h3-6H2,1-2H3,(H,11,16)(H,12,17)(H,14,15). The Morgan fingerprint density at radius 2 is 2.06 bits per heavy atom. The number of amides is 3. The molecular formula is C10H17N3O4. The van der Waals surface area contributed by atoms with Gasteiger partial charge in [-0.1, -0.05) is 0 Å². The maximum absolute atomic E-state index is 11.6. The van der Waals surface area contributed by atoms with Gasteiger partial charge in [-0.05, 0) is 13.3 Å². The highest BCUT2D eigenvalue weighted by atomic mass is 16.4. The van der Waals surface area contributed by atoms with Crippen LogP contribution in [0.1, 0.15) is 13.3 Å². The molecule has 17 heavy (non-hydrogen) atoms. The molecule has 7 heteroatoms. The van der Waals surface area contributed by atoms with Crippen LogP contribution in [-0.2, 0) is 9.59 Å². The number of hydrogen-bond donors (Lipinski definition) is 3. The van der Waals surface area contributed by atoms with Crippen LogP contribution in [0.3, 0.4) is 0 Å². The van der Waals surface area contributed by atoms with Gasteiger partial charge in [0.1, 0.15) is 6.54 Å². The number of aliphatic carboxylic acids is 1. The molecular weight excluding hydrogens is 226 g/mol. The highest BCUT2D eigenvalue weighted by Gasteiger charge is 2.41. The zero-order valence-electron chi connectivity index (χ0n) is 9.95. The molecule has 1 fully saturated rings. The molecule has 3 N–H and O–H groups in total. The van der Waals surface area contributed by atoms with Crippen LogP contribution in [-0.4, -0.2) is 54.6 Å². The fourth-order valence-electron chi connectivity index (χ4n) is 1.88. The fraction of sp³-hybridized carbons (Fsp3) is 0.700. The van der Waals surface area contributed by atoms with Gasteiger partial charge in [-0.2, -0.15) is 0 Å². The largest absolute Gasteiger partial charge is 0.480 e. The summed E-state index contributed by atoms with van der Waals surface area (Å²) in [6.45, 7) is 2.13. The second-order valence-electron chi connectivity index (χ2n) is 4.36. The number of likely N-dealkylation sites (tertiary alicyclic amines) is 1. The van der Waals surface area contributed by atoms with Crippen molar-refractivity contribution >= 4 is 17.9 Å². The first-order chi connectivity index (χ1) is 7.89. The number of carbonyl (C=O) groups excluding carboxylic acids is 2. The van der Waals surface area contributed by atoms with E-state index in [-0.39, 0.29) is 5.91 Å². The number of urea groups is 1. The van der Waals surface area contributed by atoms with Crippen LogP contribution in [0.4, 0.5) is 4.79 Å². The molecule has 0 radical (unpaired) electrons. The van der Waals surface area contributed by atoms with E-state index in [4.69, 9.17) is 5.11 Å². The van der Waals surface area contributed by atoms with Crippen molar-refractivity contribution < 1.29 is 19.5 Å². The number of carbonyl (C=O) groups is 3. The second kappa shape index (κ2) is 5.03. The quantitative estimate of drug-likeness (QED) is 0.606. The van der Waals surface area contributed by atoms with E-state index in [0.717, 1.165) is 0 Å². The van der Waals surface area contributed by atoms with Gasteiger partial charge in [0.2, 0.25) is 5.91 Å². The van der Waals surface area contributed by atoms with Crippen molar-refractivity contribution in [3.63, 3.8) is 0 Å². The minimum absolute atomic E-state index is 0.106. The molecule has 1 aliphatic rings. The highest BCUT2D eigenvalue weighted by molar-refractivity contribution is 5.85. The van der Waals surface area contributed by atoms with E-state index >= 15 is 0 Å². The molecule has 0 saturated carbocycles. The van der Waals surface area contributed by atoms with Gasteiger partial charge in [-0.3, -0.25) is 9.59 Å². The zero-order valence-corrected chi connectivity index (χ0v) is 9.95. The maximum atomic E-state index is 11.6. The van der Waals surface area contributed by atoms with Crippen LogP contribution in [0.25, 0.3) is 0 Å². The summed E-state index contributed by atoms with van der Waals surface area (Å²) in [5.74, 6) is -1.20. The van der Waals surface area contributed by atoms with Crippen molar-refractivity contribution in [1.82, 2.24) is 15.5 Å². The van der Waals surface area contributed by atoms with E-state index in [9.17, 15) is 14.4 Å². The van der Waals surface area contributed by atoms with E-state index in [1.54, 1.807) is 14.0 Å². The molecule has 0 aliphatic carbocycles. The minimum atomic E-state index is -1.09. The molecule has 0 spiro atoms. The number of nitrogens with one attached hydrogen (secondary N) is 2. The second-order valence-corrected chi connectivity index (χ2v) is 4.36. The molecule has 7 nitrogen and oxygen atoms in total. The minimum Gasteiger partial charge on any atom is -0.480 e. The zero-order chi connectivity index (χ0) is 13.1. The molecule has 0 bridgehead atoms. The van der Waals surface area contributed by atoms with Crippen molar-refractivity contribution in [1.29, 1.82) is 0 Å². The van der Waals surface area contributed by atoms with Crippen molar-refractivity contribution in [2.45, 2.75) is 13.3 Å². The summed E-state index contributed by atoms with van der Waals surface area (Å²) in [6.07, 6.45) is 0.577. The number of carboxylic acid groups (broad SMARTS) is 1. The van der Waals surface area contributed by atoms with Crippen molar-refractivity contribution in [3.8, 4) is 0 Å². The third kappa shape index (κ3) is 3.08. The van der Waals surface area contributed by atoms with Crippen LogP contribution in [0.5, 0.6) is 0 Å². The van der Waals surface area contributed by atoms with Crippen molar-refractivity contribution in [2.24, 2.45) is 5.41 Å². The molecule has 1 unspecified atom stereocenters. The smallest absolute Gasteiger partial charge is 0.323 e. The summed E-state index contributed by atoms with van der Waals surface area (Å²) >= 11 is 0. The van der Waals surface area contributed by atoms with Gasteiger partial charge in [0, 0.05) is 20.1 Å². The van der Waals surface area contributed by atoms with Crippen molar-refractivity contribution in [3.05, 3.63) is 0 Å². The van der Waals surface area contributed by atoms with E-state index in [1.807, 2.05) is 0 Å². The lowest BCUT2D eigenvalue weighted by atomic mass is 9.89. The summed E-state index contributed by atoms with van der Waals surface area (Å²) in [4.78, 5) is 34.9. The Kier molecular flexibility index (Phi) is 3.93. The fourth-order valence-corrected chi connectivity index (χ4v) is 1.88. The summed E-state index contributed by atoms with van der Waals surface area (Å²) in [7, 11) is 1.56. The van der Waals surface area contributed by atoms with Gasteiger partial charge in [0.25, 0.3) is 0 Å².